The van der Waals surface area contributed by atoms with Gasteiger partial charge in [-0.25, -0.2) is 0 Å². The molecule has 9 nitrogen and oxygen atoms in total. The number of carbonyl (C=O) groups excluding carboxylic acids is 1. The fourth-order valence-electron chi connectivity index (χ4n) is 2.26. The van der Waals surface area contributed by atoms with E-state index in [0.717, 1.165) is 6.07 Å². The Morgan fingerprint density at radius 3 is 2.48 bits per heavy atom. The maximum atomic E-state index is 12.4. The van der Waals surface area contributed by atoms with Gasteiger partial charge < -0.3 is 23.9 Å². The van der Waals surface area contributed by atoms with Crippen LogP contribution in [0.2, 0.25) is 0 Å². The summed E-state index contributed by atoms with van der Waals surface area (Å²) >= 11 is 0. The molecule has 0 aliphatic heterocycles. The highest BCUT2D eigenvalue weighted by Crippen LogP contribution is 2.34. The highest BCUT2D eigenvalue weighted by molar-refractivity contribution is 5.99. The normalized spacial score (nSPS) is 11.6. The van der Waals surface area contributed by atoms with Crippen molar-refractivity contribution in [3.05, 3.63) is 52.0 Å². The Hall–Kier alpha value is -3.07. The number of ether oxygens (including phenoxy) is 3. The maximum absolute atomic E-state index is 12.4. The molecule has 1 aromatic carbocycles. The van der Waals surface area contributed by atoms with Crippen molar-refractivity contribution < 1.29 is 28.3 Å². The lowest BCUT2D eigenvalue weighted by molar-refractivity contribution is -0.385. The van der Waals surface area contributed by atoms with Crippen molar-refractivity contribution in [2.75, 3.05) is 27.9 Å². The van der Waals surface area contributed by atoms with Gasteiger partial charge >= 0.3 is 0 Å². The first-order chi connectivity index (χ1) is 12.0. The highest BCUT2D eigenvalue weighted by Gasteiger charge is 2.25. The van der Waals surface area contributed by atoms with Gasteiger partial charge in [0, 0.05) is 13.2 Å². The molecule has 0 bridgehead atoms. The van der Waals surface area contributed by atoms with E-state index in [1.807, 2.05) is 0 Å². The van der Waals surface area contributed by atoms with Gasteiger partial charge in [0.1, 0.15) is 17.4 Å². The van der Waals surface area contributed by atoms with Crippen molar-refractivity contribution in [3.8, 4) is 11.5 Å². The fraction of sp³-hybridized carbons (Fsp3) is 0.312. The summed E-state index contributed by atoms with van der Waals surface area (Å²) in [5, 5.41) is 13.9. The Kier molecular flexibility index (Phi) is 5.96. The Labute approximate surface area is 143 Å². The minimum atomic E-state index is -0.656. The molecule has 0 aliphatic carbocycles. The molecule has 0 radical (unpaired) electrons. The van der Waals surface area contributed by atoms with Crippen LogP contribution in [0, 0.1) is 10.1 Å². The van der Waals surface area contributed by atoms with Gasteiger partial charge in [-0.1, -0.05) is 0 Å². The Morgan fingerprint density at radius 1 is 1.28 bits per heavy atom. The molecule has 1 unspecified atom stereocenters. The molecule has 1 atom stereocenters. The van der Waals surface area contributed by atoms with E-state index in [0.29, 0.717) is 5.76 Å². The summed E-state index contributed by atoms with van der Waals surface area (Å²) in [6.45, 7) is 0.0777. The standard InChI is InChI=1S/C16H18N2O7/c1-22-13-7-10(11(18(20)21)8-14(13)23-2)16(19)17-9-15(24-3)12-5-4-6-25-12/h4-8,15H,9H2,1-3H3,(H,17,19). The first-order valence-electron chi connectivity index (χ1n) is 7.26. The lowest BCUT2D eigenvalue weighted by Crippen LogP contribution is -2.29. The number of nitro benzene ring substituents is 1. The smallest absolute Gasteiger partial charge is 0.286 e. The number of carbonyl (C=O) groups is 1. The van der Waals surface area contributed by atoms with Gasteiger partial charge in [0.25, 0.3) is 11.6 Å². The van der Waals surface area contributed by atoms with E-state index in [1.54, 1.807) is 12.1 Å². The average Bonchev–Trinajstić information content (AvgIpc) is 3.15. The molecule has 1 amide bonds. The summed E-state index contributed by atoms with van der Waals surface area (Å²) < 4.78 is 20.6. The van der Waals surface area contributed by atoms with E-state index in [-0.39, 0.29) is 29.3 Å². The van der Waals surface area contributed by atoms with Crippen LogP contribution >= 0.6 is 0 Å². The van der Waals surface area contributed by atoms with Gasteiger partial charge in [-0.3, -0.25) is 14.9 Å². The molecule has 0 aliphatic rings. The summed E-state index contributed by atoms with van der Waals surface area (Å²) in [5.41, 5.74) is -0.529. The van der Waals surface area contributed by atoms with Crippen LogP contribution in [0.15, 0.2) is 34.9 Å². The van der Waals surface area contributed by atoms with Gasteiger partial charge in [-0.15, -0.1) is 0 Å². The Bertz CT molecular complexity index is 743. The number of rotatable bonds is 8. The SMILES string of the molecule is COc1cc(C(=O)NCC(OC)c2ccco2)c([N+](=O)[O-])cc1OC. The van der Waals surface area contributed by atoms with Crippen LogP contribution in [0.25, 0.3) is 0 Å². The number of nitrogens with zero attached hydrogens (tertiary/aromatic N) is 1. The third kappa shape index (κ3) is 4.07. The van der Waals surface area contributed by atoms with Crippen molar-refractivity contribution in [1.29, 1.82) is 0 Å². The third-order valence-electron chi connectivity index (χ3n) is 3.54. The predicted molar refractivity (Wildman–Crippen MR) is 87.0 cm³/mol. The van der Waals surface area contributed by atoms with Crippen LogP contribution < -0.4 is 14.8 Å². The summed E-state index contributed by atoms with van der Waals surface area (Å²) in [4.78, 5) is 23.0. The van der Waals surface area contributed by atoms with Gasteiger partial charge in [0.15, 0.2) is 11.5 Å². The molecular weight excluding hydrogens is 332 g/mol. The van der Waals surface area contributed by atoms with Crippen LogP contribution in [0.5, 0.6) is 11.5 Å². The molecule has 0 saturated carbocycles. The number of nitrogens with one attached hydrogen (secondary N) is 1. The molecule has 2 aromatic rings. The van der Waals surface area contributed by atoms with Crippen LogP contribution in [0.4, 0.5) is 5.69 Å². The lowest BCUT2D eigenvalue weighted by atomic mass is 10.1. The van der Waals surface area contributed by atoms with Crippen LogP contribution in [0.1, 0.15) is 22.2 Å². The average molecular weight is 350 g/mol. The van der Waals surface area contributed by atoms with E-state index in [2.05, 4.69) is 5.32 Å². The van der Waals surface area contributed by atoms with E-state index >= 15 is 0 Å². The van der Waals surface area contributed by atoms with Crippen LogP contribution in [-0.4, -0.2) is 38.7 Å². The zero-order valence-electron chi connectivity index (χ0n) is 14.0. The second kappa shape index (κ2) is 8.15. The molecule has 0 fully saturated rings. The molecular formula is C16H18N2O7. The van der Waals surface area contributed by atoms with Crippen molar-refractivity contribution in [3.63, 3.8) is 0 Å². The van der Waals surface area contributed by atoms with Crippen molar-refractivity contribution >= 4 is 11.6 Å². The lowest BCUT2D eigenvalue weighted by Gasteiger charge is -2.14. The predicted octanol–water partition coefficient (Wildman–Crippen LogP) is 2.32. The van der Waals surface area contributed by atoms with E-state index in [9.17, 15) is 14.9 Å². The summed E-state index contributed by atoms with van der Waals surface area (Å²) in [6.07, 6.45) is 0.973. The highest BCUT2D eigenvalue weighted by atomic mass is 16.6. The monoisotopic (exact) mass is 350 g/mol. The number of methoxy groups -OCH3 is 3. The van der Waals surface area contributed by atoms with E-state index < -0.39 is 16.9 Å². The summed E-state index contributed by atoms with van der Waals surface area (Å²) in [5.74, 6) is 0.273. The molecule has 0 saturated heterocycles. The first-order valence-corrected chi connectivity index (χ1v) is 7.26. The van der Waals surface area contributed by atoms with Crippen LogP contribution in [0.3, 0.4) is 0 Å². The zero-order valence-corrected chi connectivity index (χ0v) is 14.0. The van der Waals surface area contributed by atoms with Crippen molar-refractivity contribution in [2.24, 2.45) is 0 Å². The second-order valence-corrected chi connectivity index (χ2v) is 4.93. The van der Waals surface area contributed by atoms with Gasteiger partial charge in [-0.05, 0) is 12.1 Å². The van der Waals surface area contributed by atoms with Gasteiger partial charge in [0.05, 0.1) is 38.0 Å². The summed E-state index contributed by atoms with van der Waals surface area (Å²) in [6, 6.07) is 5.82. The Morgan fingerprint density at radius 2 is 1.96 bits per heavy atom. The van der Waals surface area contributed by atoms with E-state index in [1.165, 1.54) is 33.7 Å². The third-order valence-corrected chi connectivity index (χ3v) is 3.54. The molecule has 1 N–H and O–H groups in total. The number of benzene rings is 1. The van der Waals surface area contributed by atoms with Crippen molar-refractivity contribution in [2.45, 2.75) is 6.10 Å². The van der Waals surface area contributed by atoms with E-state index in [4.69, 9.17) is 18.6 Å². The first kappa shape index (κ1) is 18.3. The molecule has 1 aromatic heterocycles. The topological polar surface area (TPSA) is 113 Å². The summed E-state index contributed by atoms with van der Waals surface area (Å²) in [7, 11) is 4.20. The quantitative estimate of drug-likeness (QED) is 0.574. The largest absolute Gasteiger partial charge is 0.493 e. The number of hydrogen-bond donors (Lipinski definition) is 1. The maximum Gasteiger partial charge on any atom is 0.286 e. The molecule has 25 heavy (non-hydrogen) atoms. The fourth-order valence-corrected chi connectivity index (χ4v) is 2.26. The van der Waals surface area contributed by atoms with Crippen LogP contribution in [-0.2, 0) is 4.74 Å². The van der Waals surface area contributed by atoms with Gasteiger partial charge in [0.2, 0.25) is 0 Å². The number of amides is 1. The molecule has 134 valence electrons. The molecule has 9 heteroatoms. The zero-order chi connectivity index (χ0) is 18.4. The van der Waals surface area contributed by atoms with Gasteiger partial charge in [-0.2, -0.15) is 0 Å². The number of hydrogen-bond acceptors (Lipinski definition) is 7. The molecule has 2 rings (SSSR count). The molecule has 1 heterocycles. The minimum Gasteiger partial charge on any atom is -0.493 e. The Balaban J connectivity index is 2.24. The second-order valence-electron chi connectivity index (χ2n) is 4.93. The van der Waals surface area contributed by atoms with Crippen molar-refractivity contribution in [1.82, 2.24) is 5.32 Å². The number of nitro groups is 1. The number of furan rings is 1. The minimum absolute atomic E-state index is 0.0777. The molecule has 0 spiro atoms.